The Bertz CT molecular complexity index is 917. The largest absolute Gasteiger partial charge is 0.374 e. The summed E-state index contributed by atoms with van der Waals surface area (Å²) in [5.41, 5.74) is 3.39. The first-order chi connectivity index (χ1) is 13.5. The molecule has 0 aliphatic rings. The zero-order valence-corrected chi connectivity index (χ0v) is 16.0. The molecule has 1 atom stereocenters. The van der Waals surface area contributed by atoms with Gasteiger partial charge in [0.2, 0.25) is 5.91 Å². The summed E-state index contributed by atoms with van der Waals surface area (Å²) in [6.45, 7) is 1.75. The van der Waals surface area contributed by atoms with Gasteiger partial charge in [-0.3, -0.25) is 4.79 Å². The number of halogens is 2. The molecular formula is C22H20F2N2OS. The van der Waals surface area contributed by atoms with Crippen LogP contribution in [0.5, 0.6) is 0 Å². The molecule has 0 saturated heterocycles. The molecule has 2 N–H and O–H groups in total. The summed E-state index contributed by atoms with van der Waals surface area (Å²) in [4.78, 5) is 13.1. The number of anilines is 2. The lowest BCUT2D eigenvalue weighted by Crippen LogP contribution is -2.32. The molecule has 0 aromatic heterocycles. The molecule has 0 aliphatic carbocycles. The highest BCUT2D eigenvalue weighted by Gasteiger charge is 2.15. The van der Waals surface area contributed by atoms with E-state index in [2.05, 4.69) is 10.6 Å². The van der Waals surface area contributed by atoms with Crippen molar-refractivity contribution in [3.63, 3.8) is 0 Å². The molecule has 3 nitrogen and oxygen atoms in total. The molecular weight excluding hydrogens is 378 g/mol. The Balaban J connectivity index is 1.67. The van der Waals surface area contributed by atoms with E-state index in [1.807, 2.05) is 54.6 Å². The van der Waals surface area contributed by atoms with Gasteiger partial charge in [-0.25, -0.2) is 0 Å². The van der Waals surface area contributed by atoms with Gasteiger partial charge in [0, 0.05) is 21.8 Å². The third kappa shape index (κ3) is 5.33. The molecule has 144 valence electrons. The van der Waals surface area contributed by atoms with Crippen LogP contribution in [0.3, 0.4) is 0 Å². The van der Waals surface area contributed by atoms with Crippen LogP contribution in [0.25, 0.3) is 11.1 Å². The van der Waals surface area contributed by atoms with E-state index in [4.69, 9.17) is 0 Å². The quantitative estimate of drug-likeness (QED) is 0.472. The van der Waals surface area contributed by atoms with Crippen molar-refractivity contribution in [3.8, 4) is 11.1 Å². The standard InChI is InChI=1S/C22H20F2N2OS/c1-15(25-17-11-13-18(14-12-17)28-22(23)24)21(27)26-20-10-6-5-9-19(20)16-7-3-2-4-8-16/h2-15,22,25H,1H3,(H,26,27)/t15-/m0/s1. The average Bonchev–Trinajstić information content (AvgIpc) is 2.70. The van der Waals surface area contributed by atoms with E-state index >= 15 is 0 Å². The molecule has 0 spiro atoms. The second-order valence-electron chi connectivity index (χ2n) is 6.17. The third-order valence-electron chi connectivity index (χ3n) is 4.13. The summed E-state index contributed by atoms with van der Waals surface area (Å²) >= 11 is 0.493. The van der Waals surface area contributed by atoms with Crippen LogP contribution in [0.2, 0.25) is 0 Å². The molecule has 3 aromatic carbocycles. The second kappa shape index (κ2) is 9.37. The maximum Gasteiger partial charge on any atom is 0.288 e. The van der Waals surface area contributed by atoms with Crippen LogP contribution >= 0.6 is 11.8 Å². The number of nitrogens with one attached hydrogen (secondary N) is 2. The van der Waals surface area contributed by atoms with E-state index in [9.17, 15) is 13.6 Å². The van der Waals surface area contributed by atoms with E-state index in [0.29, 0.717) is 22.3 Å². The lowest BCUT2D eigenvalue weighted by molar-refractivity contribution is -0.116. The first-order valence-electron chi connectivity index (χ1n) is 8.79. The van der Waals surface area contributed by atoms with Crippen molar-refractivity contribution in [1.82, 2.24) is 0 Å². The highest BCUT2D eigenvalue weighted by Crippen LogP contribution is 2.28. The Morgan fingerprint density at radius 2 is 1.54 bits per heavy atom. The summed E-state index contributed by atoms with van der Waals surface area (Å²) in [6.07, 6.45) is 0. The van der Waals surface area contributed by atoms with Crippen LogP contribution in [0.15, 0.2) is 83.8 Å². The third-order valence-corrected chi connectivity index (χ3v) is 4.85. The van der Waals surface area contributed by atoms with Gasteiger partial charge in [-0.05, 0) is 42.8 Å². The highest BCUT2D eigenvalue weighted by atomic mass is 32.2. The van der Waals surface area contributed by atoms with Crippen molar-refractivity contribution in [2.45, 2.75) is 23.6 Å². The Hall–Kier alpha value is -2.86. The summed E-state index contributed by atoms with van der Waals surface area (Å²) in [5, 5.41) is 6.05. The fourth-order valence-corrected chi connectivity index (χ4v) is 3.25. The van der Waals surface area contributed by atoms with Crippen molar-refractivity contribution in [2.75, 3.05) is 10.6 Å². The van der Waals surface area contributed by atoms with E-state index in [1.165, 1.54) is 0 Å². The Kier molecular flexibility index (Phi) is 6.66. The van der Waals surface area contributed by atoms with Gasteiger partial charge in [0.1, 0.15) is 6.04 Å². The zero-order valence-electron chi connectivity index (χ0n) is 15.2. The predicted molar refractivity (Wildman–Crippen MR) is 112 cm³/mol. The SMILES string of the molecule is C[C@H](Nc1ccc(SC(F)F)cc1)C(=O)Nc1ccccc1-c1ccccc1. The van der Waals surface area contributed by atoms with E-state index in [1.54, 1.807) is 31.2 Å². The molecule has 3 rings (SSSR count). The lowest BCUT2D eigenvalue weighted by Gasteiger charge is -2.17. The van der Waals surface area contributed by atoms with Crippen molar-refractivity contribution in [2.24, 2.45) is 0 Å². The molecule has 0 saturated carbocycles. The van der Waals surface area contributed by atoms with Crippen molar-refractivity contribution in [3.05, 3.63) is 78.9 Å². The van der Waals surface area contributed by atoms with Gasteiger partial charge in [0.25, 0.3) is 5.76 Å². The maximum absolute atomic E-state index is 12.6. The van der Waals surface area contributed by atoms with Gasteiger partial charge < -0.3 is 10.6 Å². The molecule has 0 heterocycles. The fourth-order valence-electron chi connectivity index (χ4n) is 2.75. The Morgan fingerprint density at radius 3 is 2.21 bits per heavy atom. The highest BCUT2D eigenvalue weighted by molar-refractivity contribution is 7.99. The molecule has 6 heteroatoms. The van der Waals surface area contributed by atoms with Crippen molar-refractivity contribution < 1.29 is 13.6 Å². The number of hydrogen-bond acceptors (Lipinski definition) is 3. The Labute approximate surface area is 167 Å². The first-order valence-corrected chi connectivity index (χ1v) is 9.67. The van der Waals surface area contributed by atoms with E-state index in [0.717, 1.165) is 16.8 Å². The van der Waals surface area contributed by atoms with Crippen LogP contribution in [0.1, 0.15) is 6.92 Å². The minimum absolute atomic E-state index is 0.186. The van der Waals surface area contributed by atoms with Gasteiger partial charge in [0.15, 0.2) is 0 Å². The molecule has 0 bridgehead atoms. The normalized spacial score (nSPS) is 11.9. The number of para-hydroxylation sites is 1. The summed E-state index contributed by atoms with van der Waals surface area (Å²) < 4.78 is 24.8. The number of carbonyl (C=O) groups excluding carboxylic acids is 1. The number of rotatable bonds is 7. The lowest BCUT2D eigenvalue weighted by atomic mass is 10.0. The minimum atomic E-state index is -2.45. The van der Waals surface area contributed by atoms with Gasteiger partial charge in [0.05, 0.1) is 0 Å². The molecule has 3 aromatic rings. The van der Waals surface area contributed by atoms with Gasteiger partial charge in [-0.2, -0.15) is 8.78 Å². The van der Waals surface area contributed by atoms with Gasteiger partial charge >= 0.3 is 0 Å². The van der Waals surface area contributed by atoms with Crippen LogP contribution in [-0.2, 0) is 4.79 Å². The summed E-state index contributed by atoms with van der Waals surface area (Å²) in [6, 6.07) is 23.5. The molecule has 0 radical (unpaired) electrons. The number of amides is 1. The second-order valence-corrected chi connectivity index (χ2v) is 7.23. The molecule has 1 amide bonds. The molecule has 0 aliphatic heterocycles. The summed E-state index contributed by atoms with van der Waals surface area (Å²) in [5.74, 6) is -2.64. The first kappa shape index (κ1) is 19.9. The van der Waals surface area contributed by atoms with Gasteiger partial charge in [-0.1, -0.05) is 60.3 Å². The van der Waals surface area contributed by atoms with Crippen LogP contribution in [0.4, 0.5) is 20.2 Å². The number of alkyl halides is 2. The fraction of sp³-hybridized carbons (Fsp3) is 0.136. The molecule has 0 unspecified atom stereocenters. The Morgan fingerprint density at radius 1 is 0.893 bits per heavy atom. The smallest absolute Gasteiger partial charge is 0.288 e. The number of hydrogen-bond donors (Lipinski definition) is 2. The van der Waals surface area contributed by atoms with E-state index < -0.39 is 11.8 Å². The van der Waals surface area contributed by atoms with Crippen LogP contribution in [-0.4, -0.2) is 17.7 Å². The maximum atomic E-state index is 12.6. The zero-order chi connectivity index (χ0) is 19.9. The molecule has 0 fully saturated rings. The van der Waals surface area contributed by atoms with Crippen molar-refractivity contribution >= 4 is 29.0 Å². The average molecular weight is 398 g/mol. The number of benzene rings is 3. The van der Waals surface area contributed by atoms with Crippen LogP contribution in [0, 0.1) is 0 Å². The topological polar surface area (TPSA) is 41.1 Å². The van der Waals surface area contributed by atoms with E-state index in [-0.39, 0.29) is 5.91 Å². The monoisotopic (exact) mass is 398 g/mol. The number of thioether (sulfide) groups is 1. The number of carbonyl (C=O) groups is 1. The molecule has 28 heavy (non-hydrogen) atoms. The summed E-state index contributed by atoms with van der Waals surface area (Å²) in [7, 11) is 0. The van der Waals surface area contributed by atoms with Crippen LogP contribution < -0.4 is 10.6 Å². The minimum Gasteiger partial charge on any atom is -0.374 e. The predicted octanol–water partition coefficient (Wildman–Crippen LogP) is 6.11. The van der Waals surface area contributed by atoms with Crippen molar-refractivity contribution in [1.29, 1.82) is 0 Å². The van der Waals surface area contributed by atoms with Gasteiger partial charge in [-0.15, -0.1) is 0 Å².